The van der Waals surface area contributed by atoms with E-state index in [0.717, 1.165) is 25.9 Å². The normalized spacial score (nSPS) is 25.0. The lowest BCUT2D eigenvalue weighted by atomic mass is 9.88. The lowest BCUT2D eigenvalue weighted by molar-refractivity contribution is -0.150. The highest BCUT2D eigenvalue weighted by Gasteiger charge is 2.37. The van der Waals surface area contributed by atoms with Gasteiger partial charge in [0.15, 0.2) is 5.56 Å². The van der Waals surface area contributed by atoms with Crippen molar-refractivity contribution in [2.45, 2.75) is 37.8 Å². The molecule has 0 radical (unpaired) electrons. The van der Waals surface area contributed by atoms with Crippen LogP contribution in [-0.4, -0.2) is 40.3 Å². The van der Waals surface area contributed by atoms with Crippen molar-refractivity contribution < 1.29 is 9.53 Å². The summed E-state index contributed by atoms with van der Waals surface area (Å²) in [6.45, 7) is 3.20. The third-order valence-corrected chi connectivity index (χ3v) is 6.00. The minimum Gasteiger partial charge on any atom is -0.446 e. The molecule has 1 aliphatic carbocycles. The fourth-order valence-corrected chi connectivity index (χ4v) is 4.82. The SMILES string of the molecule is CC(Cl)OC(=O)C1CCC2=C(C1)N1CC=NCC1c1cccc3ccn2c13. The van der Waals surface area contributed by atoms with Gasteiger partial charge in [0.05, 0.1) is 30.6 Å². The zero-order chi connectivity index (χ0) is 18.5. The molecule has 0 amide bonds. The number of para-hydroxylation sites is 1. The lowest BCUT2D eigenvalue weighted by Crippen LogP contribution is -2.37. The molecule has 3 unspecified atom stereocenters. The van der Waals surface area contributed by atoms with E-state index in [9.17, 15) is 4.79 Å². The van der Waals surface area contributed by atoms with Crippen molar-refractivity contribution in [2.24, 2.45) is 10.9 Å². The minimum absolute atomic E-state index is 0.142. The van der Waals surface area contributed by atoms with Crippen molar-refractivity contribution >= 4 is 40.4 Å². The molecule has 2 aliphatic heterocycles. The van der Waals surface area contributed by atoms with Crippen LogP contribution in [0.25, 0.3) is 16.6 Å². The first-order valence-electron chi connectivity index (χ1n) is 9.55. The molecule has 140 valence electrons. The van der Waals surface area contributed by atoms with Crippen molar-refractivity contribution in [3.8, 4) is 0 Å². The number of esters is 1. The summed E-state index contributed by atoms with van der Waals surface area (Å²) in [4.78, 5) is 19.5. The van der Waals surface area contributed by atoms with Crippen molar-refractivity contribution in [3.63, 3.8) is 0 Å². The van der Waals surface area contributed by atoms with Gasteiger partial charge in [0.2, 0.25) is 0 Å². The van der Waals surface area contributed by atoms with Gasteiger partial charge in [-0.2, -0.15) is 0 Å². The molecule has 0 N–H and O–H groups in total. The number of nitrogens with zero attached hydrogens (tertiary/aromatic N) is 3. The Hall–Kier alpha value is -2.27. The molecule has 3 aliphatic rings. The molecular weight excluding hydrogens is 362 g/mol. The van der Waals surface area contributed by atoms with Crippen molar-refractivity contribution in [3.05, 3.63) is 41.7 Å². The number of ether oxygens (including phenoxy) is 1. The first-order valence-corrected chi connectivity index (χ1v) is 9.99. The summed E-state index contributed by atoms with van der Waals surface area (Å²) < 4.78 is 7.63. The number of fused-ring (bicyclic) bond motifs is 4. The maximum Gasteiger partial charge on any atom is 0.310 e. The highest BCUT2D eigenvalue weighted by molar-refractivity contribution is 6.20. The van der Waals surface area contributed by atoms with Gasteiger partial charge < -0.3 is 14.2 Å². The minimum atomic E-state index is -0.592. The molecule has 1 aromatic heterocycles. The molecule has 5 nitrogen and oxygen atoms in total. The summed E-state index contributed by atoms with van der Waals surface area (Å²) in [5.41, 5.74) is 4.56. The van der Waals surface area contributed by atoms with Gasteiger partial charge in [-0.25, -0.2) is 0 Å². The van der Waals surface area contributed by atoms with E-state index in [2.05, 4.69) is 44.9 Å². The number of carbonyl (C=O) groups excluding carboxylic acids is 1. The van der Waals surface area contributed by atoms with Crippen LogP contribution in [-0.2, 0) is 9.53 Å². The second-order valence-electron chi connectivity index (χ2n) is 7.50. The van der Waals surface area contributed by atoms with Gasteiger partial charge in [-0.3, -0.25) is 9.79 Å². The van der Waals surface area contributed by atoms with Gasteiger partial charge >= 0.3 is 5.97 Å². The van der Waals surface area contributed by atoms with Gasteiger partial charge in [-0.1, -0.05) is 29.8 Å². The molecule has 2 aromatic rings. The van der Waals surface area contributed by atoms with Crippen LogP contribution in [0, 0.1) is 5.92 Å². The molecule has 1 aromatic carbocycles. The van der Waals surface area contributed by atoms with E-state index in [0.29, 0.717) is 6.42 Å². The Morgan fingerprint density at radius 1 is 1.33 bits per heavy atom. The Balaban J connectivity index is 1.62. The predicted octanol–water partition coefficient (Wildman–Crippen LogP) is 4.18. The molecule has 0 saturated carbocycles. The zero-order valence-corrected chi connectivity index (χ0v) is 16.0. The average Bonchev–Trinajstić information content (AvgIpc) is 3.06. The van der Waals surface area contributed by atoms with Crippen LogP contribution in [0.15, 0.2) is 41.2 Å². The van der Waals surface area contributed by atoms with Crippen LogP contribution in [0.2, 0.25) is 0 Å². The molecule has 27 heavy (non-hydrogen) atoms. The summed E-state index contributed by atoms with van der Waals surface area (Å²) in [7, 11) is 0. The van der Waals surface area contributed by atoms with E-state index in [-0.39, 0.29) is 17.9 Å². The molecule has 3 heterocycles. The fraction of sp³-hybridized carbons (Fsp3) is 0.429. The summed E-state index contributed by atoms with van der Waals surface area (Å²) in [6.07, 6.45) is 6.49. The van der Waals surface area contributed by atoms with Gasteiger partial charge in [0.1, 0.15) is 0 Å². The Morgan fingerprint density at radius 3 is 3.07 bits per heavy atom. The number of benzene rings is 1. The first-order chi connectivity index (χ1) is 13.1. The van der Waals surface area contributed by atoms with Gasteiger partial charge in [-0.05, 0) is 25.8 Å². The number of allylic oxidation sites excluding steroid dienone is 2. The Kier molecular flexibility index (Phi) is 4.01. The zero-order valence-electron chi connectivity index (χ0n) is 15.3. The Bertz CT molecular complexity index is 975. The monoisotopic (exact) mass is 383 g/mol. The smallest absolute Gasteiger partial charge is 0.310 e. The largest absolute Gasteiger partial charge is 0.446 e. The summed E-state index contributed by atoms with van der Waals surface area (Å²) in [6, 6.07) is 8.91. The standard InChI is InChI=1S/C21H22ClN3O2/c1-13(22)27-21(26)15-5-6-17-18(11-15)24-10-8-23-12-19(24)16-4-2-3-14-7-9-25(17)20(14)16/h2-4,7-9,13,15,19H,5-6,10-12H2,1H3. The maximum atomic E-state index is 12.5. The molecule has 3 atom stereocenters. The van der Waals surface area contributed by atoms with E-state index < -0.39 is 5.56 Å². The van der Waals surface area contributed by atoms with Crippen molar-refractivity contribution in [1.29, 1.82) is 0 Å². The number of hydrogen-bond acceptors (Lipinski definition) is 4. The third kappa shape index (κ3) is 2.67. The highest BCUT2D eigenvalue weighted by Crippen LogP contribution is 2.44. The molecule has 0 saturated heterocycles. The fourth-order valence-electron chi connectivity index (χ4n) is 4.73. The van der Waals surface area contributed by atoms with Crippen LogP contribution < -0.4 is 0 Å². The third-order valence-electron chi connectivity index (χ3n) is 5.92. The van der Waals surface area contributed by atoms with E-state index in [4.69, 9.17) is 16.3 Å². The van der Waals surface area contributed by atoms with Gasteiger partial charge in [0.25, 0.3) is 0 Å². The topological polar surface area (TPSA) is 46.8 Å². The molecule has 0 bridgehead atoms. The lowest BCUT2D eigenvalue weighted by Gasteiger charge is -2.38. The number of rotatable bonds is 2. The number of hydrogen-bond donors (Lipinski definition) is 0. The van der Waals surface area contributed by atoms with E-state index >= 15 is 0 Å². The maximum absolute atomic E-state index is 12.5. The number of alkyl halides is 1. The first kappa shape index (κ1) is 16.9. The Labute approximate surface area is 163 Å². The summed E-state index contributed by atoms with van der Waals surface area (Å²) in [5, 5.41) is 1.26. The molecular formula is C21H22ClN3O2. The van der Waals surface area contributed by atoms with Crippen LogP contribution >= 0.6 is 11.6 Å². The average molecular weight is 384 g/mol. The van der Waals surface area contributed by atoms with E-state index in [1.54, 1.807) is 6.92 Å². The van der Waals surface area contributed by atoms with Gasteiger partial charge in [-0.15, -0.1) is 0 Å². The summed E-state index contributed by atoms with van der Waals surface area (Å²) >= 11 is 5.88. The van der Waals surface area contributed by atoms with Crippen molar-refractivity contribution in [1.82, 2.24) is 9.47 Å². The predicted molar refractivity (Wildman–Crippen MR) is 107 cm³/mol. The molecule has 0 spiro atoms. The van der Waals surface area contributed by atoms with E-state index in [1.165, 1.54) is 27.9 Å². The molecule has 6 heteroatoms. The van der Waals surface area contributed by atoms with Crippen LogP contribution in [0.1, 0.15) is 37.8 Å². The number of halogens is 1. The second kappa shape index (κ2) is 6.41. The highest BCUT2D eigenvalue weighted by atomic mass is 35.5. The number of carbonyl (C=O) groups is 1. The van der Waals surface area contributed by atoms with Crippen LogP contribution in [0.3, 0.4) is 0 Å². The van der Waals surface area contributed by atoms with E-state index in [1.807, 2.05) is 6.21 Å². The number of aliphatic imine (C=N–C) groups is 1. The summed E-state index contributed by atoms with van der Waals surface area (Å²) in [5.74, 6) is -0.331. The van der Waals surface area contributed by atoms with Gasteiger partial charge in [0, 0.05) is 41.2 Å². The van der Waals surface area contributed by atoms with Crippen LogP contribution in [0.5, 0.6) is 0 Å². The quantitative estimate of drug-likeness (QED) is 0.577. The molecule has 5 rings (SSSR count). The second-order valence-corrected chi connectivity index (χ2v) is 8.11. The van der Waals surface area contributed by atoms with Crippen molar-refractivity contribution in [2.75, 3.05) is 13.1 Å². The Morgan fingerprint density at radius 2 is 2.22 bits per heavy atom. The number of aromatic nitrogens is 1. The van der Waals surface area contributed by atoms with Crippen LogP contribution in [0.4, 0.5) is 0 Å². The molecule has 0 fully saturated rings.